The van der Waals surface area contributed by atoms with Gasteiger partial charge < -0.3 is 4.57 Å². The van der Waals surface area contributed by atoms with Gasteiger partial charge in [0, 0.05) is 21.8 Å². The number of rotatable bonds is 6. The van der Waals surface area contributed by atoms with Gasteiger partial charge in [-0.1, -0.05) is 183 Å². The van der Waals surface area contributed by atoms with Crippen molar-refractivity contribution < 1.29 is 4.57 Å². The highest BCUT2D eigenvalue weighted by Gasteiger charge is 2.30. The number of benzene rings is 7. The molecule has 0 aromatic heterocycles. The average molecular weight is 621 g/mol. The first-order chi connectivity index (χ1) is 23.1. The molecule has 0 heterocycles. The molecule has 1 atom stereocenters. The molecule has 0 fully saturated rings. The molecule has 2 heteroatoms. The summed E-state index contributed by atoms with van der Waals surface area (Å²) in [5, 5.41) is 4.90. The lowest BCUT2D eigenvalue weighted by Gasteiger charge is -2.29. The maximum Gasteiger partial charge on any atom is 0.171 e. The standard InChI is InChI=1S/C45H33OP/c1-32-41-28-25-37-30-36(33-22-26-40(27-23-33)47(46,38-18-10-4-11-19-38)39-20-12-5-13-21-39)24-29-42(37)45(41)44(35-16-8-3-9-17-35)31-43(32)34-14-6-2-7-15-34/h2-31,43H,1H2. The first-order valence-corrected chi connectivity index (χ1v) is 17.7. The third-order valence-electron chi connectivity index (χ3n) is 9.39. The fourth-order valence-corrected chi connectivity index (χ4v) is 9.64. The van der Waals surface area contributed by atoms with Gasteiger partial charge in [-0.2, -0.15) is 0 Å². The second-order valence-corrected chi connectivity index (χ2v) is 14.9. The zero-order chi connectivity index (χ0) is 31.8. The molecule has 1 nitrogen and oxygen atoms in total. The van der Waals surface area contributed by atoms with Crippen LogP contribution in [0.1, 0.15) is 28.2 Å². The van der Waals surface area contributed by atoms with E-state index in [4.69, 9.17) is 0 Å². The van der Waals surface area contributed by atoms with Gasteiger partial charge in [-0.05, 0) is 61.4 Å². The summed E-state index contributed by atoms with van der Waals surface area (Å²) in [5.74, 6) is 0.108. The topological polar surface area (TPSA) is 17.1 Å². The number of allylic oxidation sites excluding steroid dienone is 2. The molecular weight excluding hydrogens is 587 g/mol. The first-order valence-electron chi connectivity index (χ1n) is 16.0. The van der Waals surface area contributed by atoms with Gasteiger partial charge in [0.15, 0.2) is 7.14 Å². The lowest BCUT2D eigenvalue weighted by molar-refractivity contribution is 0.592. The van der Waals surface area contributed by atoms with Crippen molar-refractivity contribution in [3.05, 3.63) is 211 Å². The van der Waals surface area contributed by atoms with Crippen LogP contribution in [0.4, 0.5) is 0 Å². The lowest BCUT2D eigenvalue weighted by Crippen LogP contribution is -2.24. The van der Waals surface area contributed by atoms with E-state index in [9.17, 15) is 4.57 Å². The highest BCUT2D eigenvalue weighted by Crippen LogP contribution is 2.47. The fraction of sp³-hybridized carbons (Fsp3) is 0.0222. The van der Waals surface area contributed by atoms with Crippen LogP contribution in [-0.4, -0.2) is 0 Å². The maximum absolute atomic E-state index is 14.9. The molecule has 7 aromatic rings. The molecule has 224 valence electrons. The summed E-state index contributed by atoms with van der Waals surface area (Å²) >= 11 is 0. The van der Waals surface area contributed by atoms with Crippen LogP contribution in [0.5, 0.6) is 0 Å². The smallest absolute Gasteiger partial charge is 0.171 e. The number of fused-ring (bicyclic) bond motifs is 3. The molecule has 0 N–H and O–H groups in total. The maximum atomic E-state index is 14.9. The second kappa shape index (κ2) is 12.0. The van der Waals surface area contributed by atoms with Gasteiger partial charge in [0.2, 0.25) is 0 Å². The Morgan fingerprint density at radius 2 is 1.02 bits per heavy atom. The SMILES string of the molecule is C=C1c2ccc3cc(-c4ccc(P(=O)(c5ccccc5)c5ccccc5)cc4)ccc3c2C(c2ccccc2)=CC1c1ccccc1. The van der Waals surface area contributed by atoms with E-state index >= 15 is 0 Å². The van der Waals surface area contributed by atoms with Crippen LogP contribution in [0, 0.1) is 0 Å². The molecule has 0 radical (unpaired) electrons. The summed E-state index contributed by atoms with van der Waals surface area (Å²) in [5.41, 5.74) is 9.46. The van der Waals surface area contributed by atoms with Crippen molar-refractivity contribution in [1.29, 1.82) is 0 Å². The molecule has 1 aliphatic rings. The van der Waals surface area contributed by atoms with Crippen LogP contribution in [0.2, 0.25) is 0 Å². The van der Waals surface area contributed by atoms with Crippen LogP contribution >= 0.6 is 7.14 Å². The zero-order valence-corrected chi connectivity index (χ0v) is 26.9. The molecule has 7 aromatic carbocycles. The summed E-state index contributed by atoms with van der Waals surface area (Å²) in [6.07, 6.45) is 2.39. The van der Waals surface area contributed by atoms with Gasteiger partial charge in [-0.3, -0.25) is 0 Å². The van der Waals surface area contributed by atoms with Crippen molar-refractivity contribution in [3.8, 4) is 11.1 Å². The van der Waals surface area contributed by atoms with E-state index in [-0.39, 0.29) is 5.92 Å². The highest BCUT2D eigenvalue weighted by atomic mass is 31.2. The monoisotopic (exact) mass is 620 g/mol. The van der Waals surface area contributed by atoms with Crippen molar-refractivity contribution in [2.45, 2.75) is 5.92 Å². The van der Waals surface area contributed by atoms with Gasteiger partial charge in [0.05, 0.1) is 0 Å². The normalized spacial score (nSPS) is 14.4. The molecule has 0 bridgehead atoms. The Balaban J connectivity index is 1.21. The molecule has 1 aliphatic carbocycles. The summed E-state index contributed by atoms with van der Waals surface area (Å²) in [4.78, 5) is 0. The predicted molar refractivity (Wildman–Crippen MR) is 201 cm³/mol. The van der Waals surface area contributed by atoms with Gasteiger partial charge in [0.25, 0.3) is 0 Å². The lowest BCUT2D eigenvalue weighted by atomic mass is 9.75. The van der Waals surface area contributed by atoms with Crippen molar-refractivity contribution in [2.75, 3.05) is 0 Å². The van der Waals surface area contributed by atoms with Gasteiger partial charge in [-0.25, -0.2) is 0 Å². The van der Waals surface area contributed by atoms with Crippen molar-refractivity contribution >= 4 is 45.0 Å². The average Bonchev–Trinajstić information content (AvgIpc) is 3.16. The fourth-order valence-electron chi connectivity index (χ4n) is 6.99. The minimum absolute atomic E-state index is 0.108. The Hall–Kier alpha value is -5.49. The summed E-state index contributed by atoms with van der Waals surface area (Å²) in [7, 11) is -3.02. The van der Waals surface area contributed by atoms with Gasteiger partial charge in [0.1, 0.15) is 0 Å². The van der Waals surface area contributed by atoms with E-state index in [1.807, 2.05) is 72.8 Å². The van der Waals surface area contributed by atoms with Crippen LogP contribution < -0.4 is 15.9 Å². The largest absolute Gasteiger partial charge is 0.309 e. The van der Waals surface area contributed by atoms with Crippen molar-refractivity contribution in [1.82, 2.24) is 0 Å². The van der Waals surface area contributed by atoms with E-state index in [1.54, 1.807) is 0 Å². The van der Waals surface area contributed by atoms with E-state index < -0.39 is 7.14 Å². The van der Waals surface area contributed by atoms with Crippen molar-refractivity contribution in [2.24, 2.45) is 0 Å². The van der Waals surface area contributed by atoms with Gasteiger partial charge >= 0.3 is 0 Å². The Morgan fingerprint density at radius 1 is 0.489 bits per heavy atom. The van der Waals surface area contributed by atoms with Crippen LogP contribution in [-0.2, 0) is 4.57 Å². The van der Waals surface area contributed by atoms with Crippen LogP contribution in [0.25, 0.3) is 33.0 Å². The number of hydrogen-bond donors (Lipinski definition) is 0. The quantitative estimate of drug-likeness (QED) is 0.169. The number of hydrogen-bond acceptors (Lipinski definition) is 1. The Kier molecular flexibility index (Phi) is 7.41. The van der Waals surface area contributed by atoms with Crippen LogP contribution in [0.15, 0.2) is 189 Å². The zero-order valence-electron chi connectivity index (χ0n) is 26.0. The predicted octanol–water partition coefficient (Wildman–Crippen LogP) is 10.4. The second-order valence-electron chi connectivity index (χ2n) is 12.1. The van der Waals surface area contributed by atoms with E-state index in [2.05, 4.69) is 116 Å². The first kappa shape index (κ1) is 28.9. The summed E-state index contributed by atoms with van der Waals surface area (Å²) in [6.45, 7) is 4.62. The minimum Gasteiger partial charge on any atom is -0.309 e. The molecule has 0 saturated carbocycles. The highest BCUT2D eigenvalue weighted by molar-refractivity contribution is 7.85. The van der Waals surface area contributed by atoms with E-state index in [1.165, 1.54) is 38.6 Å². The summed E-state index contributed by atoms with van der Waals surface area (Å²) in [6, 6.07) is 60.5. The molecular formula is C45H33OP. The molecule has 47 heavy (non-hydrogen) atoms. The molecule has 0 amide bonds. The Bertz CT molecular complexity index is 2260. The van der Waals surface area contributed by atoms with E-state index in [0.29, 0.717) is 0 Å². The minimum atomic E-state index is -3.02. The van der Waals surface area contributed by atoms with Crippen LogP contribution in [0.3, 0.4) is 0 Å². The molecule has 0 saturated heterocycles. The van der Waals surface area contributed by atoms with E-state index in [0.717, 1.165) is 32.6 Å². The third kappa shape index (κ3) is 5.10. The van der Waals surface area contributed by atoms with Crippen molar-refractivity contribution in [3.63, 3.8) is 0 Å². The molecule has 0 aliphatic heterocycles. The van der Waals surface area contributed by atoms with Gasteiger partial charge in [-0.15, -0.1) is 0 Å². The molecule has 8 rings (SSSR count). The Labute approximate surface area is 276 Å². The Morgan fingerprint density at radius 3 is 1.64 bits per heavy atom. The third-order valence-corrected chi connectivity index (χ3v) is 12.5. The molecule has 0 spiro atoms. The summed E-state index contributed by atoms with van der Waals surface area (Å²) < 4.78 is 14.9. The molecule has 1 unspecified atom stereocenters.